The summed E-state index contributed by atoms with van der Waals surface area (Å²) in [5.74, 6) is -0.0923. The largest absolute Gasteiger partial charge is 0.352 e. The van der Waals surface area contributed by atoms with Gasteiger partial charge in [-0.1, -0.05) is 12.2 Å². The first-order valence-electron chi connectivity index (χ1n) is 6.96. The lowest BCUT2D eigenvalue weighted by Gasteiger charge is -2.46. The molecule has 0 bridgehead atoms. The highest BCUT2D eigenvalue weighted by Crippen LogP contribution is 2.28. The van der Waals surface area contributed by atoms with Crippen LogP contribution in [-0.2, 0) is 0 Å². The number of aromatic amines is 1. The Labute approximate surface area is 125 Å². The minimum Gasteiger partial charge on any atom is -0.352 e. The van der Waals surface area contributed by atoms with E-state index in [9.17, 15) is 4.79 Å². The van der Waals surface area contributed by atoms with Crippen LogP contribution in [0.2, 0.25) is 0 Å². The van der Waals surface area contributed by atoms with Crippen molar-refractivity contribution in [2.24, 2.45) is 0 Å². The van der Waals surface area contributed by atoms with Crippen molar-refractivity contribution in [2.45, 2.75) is 57.7 Å². The Morgan fingerprint density at radius 2 is 1.90 bits per heavy atom. The van der Waals surface area contributed by atoms with Crippen LogP contribution in [0.1, 0.15) is 50.9 Å². The molecule has 3 N–H and O–H groups in total. The zero-order valence-corrected chi connectivity index (χ0v) is 13.4. The van der Waals surface area contributed by atoms with E-state index in [0.717, 1.165) is 12.8 Å². The molecule has 1 aliphatic rings. The smallest absolute Gasteiger partial charge is 0.254 e. The van der Waals surface area contributed by atoms with Gasteiger partial charge in [-0.3, -0.25) is 4.79 Å². The van der Waals surface area contributed by atoms with Crippen LogP contribution >= 0.6 is 12.2 Å². The van der Waals surface area contributed by atoms with E-state index in [1.807, 2.05) is 0 Å². The SMILES string of the molecule is CC1(C)CC(NC(=O)c2ccc[nH]c2=S)CC(C)(C)N1. The average Bonchev–Trinajstić information content (AvgIpc) is 2.24. The molecule has 110 valence electrons. The van der Waals surface area contributed by atoms with Gasteiger partial charge in [-0.15, -0.1) is 0 Å². The van der Waals surface area contributed by atoms with Crippen LogP contribution in [0.4, 0.5) is 0 Å². The fourth-order valence-corrected chi connectivity index (χ4v) is 3.52. The Morgan fingerprint density at radius 3 is 2.45 bits per heavy atom. The van der Waals surface area contributed by atoms with Gasteiger partial charge in [0.25, 0.3) is 5.91 Å². The minimum absolute atomic E-state index is 0.0132. The first-order chi connectivity index (χ1) is 9.19. The number of carbonyl (C=O) groups excluding carboxylic acids is 1. The average molecular weight is 293 g/mol. The van der Waals surface area contributed by atoms with Crippen molar-refractivity contribution >= 4 is 18.1 Å². The monoisotopic (exact) mass is 293 g/mol. The van der Waals surface area contributed by atoms with Gasteiger partial charge in [0.1, 0.15) is 4.64 Å². The molecule has 0 saturated carbocycles. The molecular weight excluding hydrogens is 270 g/mol. The first kappa shape index (κ1) is 15.2. The van der Waals surface area contributed by atoms with Crippen molar-refractivity contribution in [2.75, 3.05) is 0 Å². The second-order valence-corrected chi connectivity index (χ2v) is 7.29. The molecule has 2 rings (SSSR count). The summed E-state index contributed by atoms with van der Waals surface area (Å²) in [6.45, 7) is 8.67. The molecule has 0 spiro atoms. The van der Waals surface area contributed by atoms with E-state index >= 15 is 0 Å². The maximum absolute atomic E-state index is 12.3. The summed E-state index contributed by atoms with van der Waals surface area (Å²) in [5, 5.41) is 6.73. The number of carbonyl (C=O) groups is 1. The summed E-state index contributed by atoms with van der Waals surface area (Å²) in [7, 11) is 0. The fraction of sp³-hybridized carbons (Fsp3) is 0.600. The van der Waals surface area contributed by atoms with Crippen LogP contribution in [0.25, 0.3) is 0 Å². The van der Waals surface area contributed by atoms with Crippen LogP contribution in [0, 0.1) is 4.64 Å². The van der Waals surface area contributed by atoms with Crippen molar-refractivity contribution in [3.05, 3.63) is 28.5 Å². The van der Waals surface area contributed by atoms with Gasteiger partial charge in [-0.2, -0.15) is 0 Å². The molecule has 0 aromatic carbocycles. The molecule has 2 heterocycles. The van der Waals surface area contributed by atoms with Crippen molar-refractivity contribution in [1.29, 1.82) is 0 Å². The van der Waals surface area contributed by atoms with Crippen molar-refractivity contribution in [1.82, 2.24) is 15.6 Å². The lowest BCUT2D eigenvalue weighted by Crippen LogP contribution is -2.62. The Morgan fingerprint density at radius 1 is 1.30 bits per heavy atom. The van der Waals surface area contributed by atoms with Gasteiger partial charge >= 0.3 is 0 Å². The van der Waals surface area contributed by atoms with Crippen LogP contribution in [0.5, 0.6) is 0 Å². The highest BCUT2D eigenvalue weighted by Gasteiger charge is 2.38. The predicted molar refractivity (Wildman–Crippen MR) is 83.4 cm³/mol. The number of nitrogens with one attached hydrogen (secondary N) is 3. The fourth-order valence-electron chi connectivity index (χ4n) is 3.29. The topological polar surface area (TPSA) is 56.9 Å². The van der Waals surface area contributed by atoms with E-state index in [1.54, 1.807) is 18.3 Å². The molecule has 4 nitrogen and oxygen atoms in total. The van der Waals surface area contributed by atoms with Gasteiger partial charge in [0.2, 0.25) is 0 Å². The van der Waals surface area contributed by atoms with Crippen LogP contribution < -0.4 is 10.6 Å². The molecule has 1 aromatic heterocycles. The van der Waals surface area contributed by atoms with Gasteiger partial charge in [0.05, 0.1) is 5.56 Å². The summed E-state index contributed by atoms with van der Waals surface area (Å²) in [6, 6.07) is 3.70. The number of hydrogen-bond acceptors (Lipinski definition) is 3. The quantitative estimate of drug-likeness (QED) is 0.735. The molecule has 20 heavy (non-hydrogen) atoms. The van der Waals surface area contributed by atoms with Gasteiger partial charge in [0.15, 0.2) is 0 Å². The first-order valence-corrected chi connectivity index (χ1v) is 7.37. The van der Waals surface area contributed by atoms with Gasteiger partial charge in [-0.25, -0.2) is 0 Å². The van der Waals surface area contributed by atoms with Crippen molar-refractivity contribution in [3.63, 3.8) is 0 Å². The van der Waals surface area contributed by atoms with E-state index < -0.39 is 0 Å². The van der Waals surface area contributed by atoms with Gasteiger partial charge in [-0.05, 0) is 52.7 Å². The second-order valence-electron chi connectivity index (χ2n) is 6.88. The number of rotatable bonds is 2. The lowest BCUT2D eigenvalue weighted by molar-refractivity contribution is 0.0872. The van der Waals surface area contributed by atoms with Crippen molar-refractivity contribution < 1.29 is 4.79 Å². The summed E-state index contributed by atoms with van der Waals surface area (Å²) < 4.78 is 0.484. The van der Waals surface area contributed by atoms with Crippen LogP contribution in [0.3, 0.4) is 0 Å². The number of pyridine rings is 1. The number of piperidine rings is 1. The number of hydrogen-bond donors (Lipinski definition) is 3. The third kappa shape index (κ3) is 3.67. The molecule has 0 aliphatic carbocycles. The molecule has 0 radical (unpaired) electrons. The summed E-state index contributed by atoms with van der Waals surface area (Å²) in [5.41, 5.74) is 0.565. The predicted octanol–water partition coefficient (Wildman–Crippen LogP) is 2.78. The van der Waals surface area contributed by atoms with Gasteiger partial charge < -0.3 is 15.6 Å². The molecular formula is C15H23N3OS. The zero-order valence-electron chi connectivity index (χ0n) is 12.5. The maximum atomic E-state index is 12.3. The standard InChI is InChI=1S/C15H23N3OS/c1-14(2)8-10(9-15(3,4)18-14)17-12(19)11-6-5-7-16-13(11)20/h5-7,10,18H,8-9H2,1-4H3,(H,16,20)(H,17,19). The lowest BCUT2D eigenvalue weighted by atomic mass is 9.79. The Balaban J connectivity index is 2.12. The summed E-state index contributed by atoms with van der Waals surface area (Å²) in [6.07, 6.45) is 3.55. The molecule has 0 atom stereocenters. The Bertz CT molecular complexity index is 546. The molecule has 1 aliphatic heterocycles. The highest BCUT2D eigenvalue weighted by molar-refractivity contribution is 7.71. The third-order valence-electron chi connectivity index (χ3n) is 3.59. The highest BCUT2D eigenvalue weighted by atomic mass is 32.1. The molecule has 1 fully saturated rings. The minimum atomic E-state index is -0.0923. The number of amides is 1. The number of aromatic nitrogens is 1. The van der Waals surface area contributed by atoms with E-state index in [-0.39, 0.29) is 23.0 Å². The van der Waals surface area contributed by atoms with Gasteiger partial charge in [0, 0.05) is 23.3 Å². The normalized spacial score (nSPS) is 21.4. The van der Waals surface area contributed by atoms with E-state index in [1.165, 1.54) is 0 Å². The van der Waals surface area contributed by atoms with E-state index in [4.69, 9.17) is 12.2 Å². The van der Waals surface area contributed by atoms with E-state index in [2.05, 4.69) is 43.3 Å². The third-order valence-corrected chi connectivity index (χ3v) is 3.93. The molecule has 1 amide bonds. The number of H-pyrrole nitrogens is 1. The van der Waals surface area contributed by atoms with Crippen LogP contribution in [0.15, 0.2) is 18.3 Å². The Hall–Kier alpha value is -1.20. The Kier molecular flexibility index (Phi) is 4.02. The summed E-state index contributed by atoms with van der Waals surface area (Å²) >= 11 is 5.16. The maximum Gasteiger partial charge on any atom is 0.254 e. The molecule has 1 saturated heterocycles. The zero-order chi connectivity index (χ0) is 15.0. The summed E-state index contributed by atoms with van der Waals surface area (Å²) in [4.78, 5) is 15.2. The van der Waals surface area contributed by atoms with Crippen molar-refractivity contribution in [3.8, 4) is 0 Å². The molecule has 0 unspecified atom stereocenters. The molecule has 5 heteroatoms. The van der Waals surface area contributed by atoms with E-state index in [0.29, 0.717) is 10.2 Å². The van der Waals surface area contributed by atoms with Crippen LogP contribution in [-0.4, -0.2) is 28.0 Å². The molecule has 1 aromatic rings. The second kappa shape index (κ2) is 5.30.